The van der Waals surface area contributed by atoms with Crippen molar-refractivity contribution in [2.24, 2.45) is 0 Å². The maximum absolute atomic E-state index is 8.89. The van der Waals surface area contributed by atoms with Crippen molar-refractivity contribution in [1.82, 2.24) is 0 Å². The van der Waals surface area contributed by atoms with Crippen molar-refractivity contribution in [3.8, 4) is 6.07 Å². The van der Waals surface area contributed by atoms with Gasteiger partial charge in [-0.1, -0.05) is 23.7 Å². The summed E-state index contributed by atoms with van der Waals surface area (Å²) in [5.41, 5.74) is 1.20. The van der Waals surface area contributed by atoms with E-state index in [0.29, 0.717) is 17.9 Å². The molecule has 3 nitrogen and oxygen atoms in total. The van der Waals surface area contributed by atoms with Crippen LogP contribution in [0, 0.1) is 11.3 Å². The Morgan fingerprint density at radius 3 is 2.64 bits per heavy atom. The Morgan fingerprint density at radius 2 is 2.14 bits per heavy atom. The Labute approximate surface area is 87.7 Å². The molecule has 72 valence electrons. The van der Waals surface area contributed by atoms with Gasteiger partial charge in [0.15, 0.2) is 0 Å². The molecule has 0 saturated carbocycles. The van der Waals surface area contributed by atoms with Crippen molar-refractivity contribution in [3.63, 3.8) is 0 Å². The maximum Gasteiger partial charge on any atom is 0.489 e. The summed E-state index contributed by atoms with van der Waals surface area (Å²) >= 11 is 5.80. The van der Waals surface area contributed by atoms with E-state index in [1.807, 2.05) is 6.07 Å². The Hall–Kier alpha value is -1.02. The minimum Gasteiger partial charge on any atom is -0.423 e. The Morgan fingerprint density at radius 1 is 1.43 bits per heavy atom. The van der Waals surface area contributed by atoms with Gasteiger partial charge in [0, 0.05) is 16.9 Å². The van der Waals surface area contributed by atoms with Crippen molar-refractivity contribution in [1.29, 1.82) is 5.26 Å². The highest BCUT2D eigenvalue weighted by molar-refractivity contribution is 6.62. The molecule has 0 fully saturated rings. The molecule has 2 N–H and O–H groups in total. The molecule has 5 heteroatoms. The molecule has 0 unspecified atom stereocenters. The van der Waals surface area contributed by atoms with Gasteiger partial charge in [-0.25, -0.2) is 0 Å². The second-order valence-corrected chi connectivity index (χ2v) is 3.29. The highest BCUT2D eigenvalue weighted by atomic mass is 35.5. The molecule has 1 rings (SSSR count). The molecule has 0 aliphatic rings. The summed E-state index contributed by atoms with van der Waals surface area (Å²) in [4.78, 5) is 0. The first-order chi connectivity index (χ1) is 6.65. The predicted octanol–water partition coefficient (Wildman–Crippen LogP) is 0.476. The van der Waals surface area contributed by atoms with E-state index in [1.165, 1.54) is 0 Å². The summed E-state index contributed by atoms with van der Waals surface area (Å²) in [6, 6.07) is 6.97. The van der Waals surface area contributed by atoms with Crippen LogP contribution < -0.4 is 5.46 Å². The first-order valence-electron chi connectivity index (χ1n) is 4.16. The van der Waals surface area contributed by atoms with Crippen LogP contribution in [0.2, 0.25) is 5.02 Å². The van der Waals surface area contributed by atoms with E-state index < -0.39 is 7.12 Å². The zero-order valence-corrected chi connectivity index (χ0v) is 8.20. The number of nitriles is 1. The quantitative estimate of drug-likeness (QED) is 0.712. The van der Waals surface area contributed by atoms with E-state index in [9.17, 15) is 0 Å². The van der Waals surface area contributed by atoms with Crippen LogP contribution in [0.1, 0.15) is 12.0 Å². The average molecular weight is 209 g/mol. The van der Waals surface area contributed by atoms with E-state index in [1.54, 1.807) is 18.2 Å². The smallest absolute Gasteiger partial charge is 0.423 e. The van der Waals surface area contributed by atoms with Crippen LogP contribution in [0.15, 0.2) is 18.2 Å². The molecule has 0 spiro atoms. The third kappa shape index (κ3) is 2.74. The Balaban J connectivity index is 2.85. The van der Waals surface area contributed by atoms with Gasteiger partial charge in [-0.05, 0) is 18.1 Å². The van der Waals surface area contributed by atoms with Crippen molar-refractivity contribution in [2.45, 2.75) is 12.8 Å². The standard InChI is InChI=1S/C9H9BClNO2/c11-9-6-7(2-1-5-12)3-4-8(9)10(13)14/h3-4,6,13-14H,1-2H2. The predicted molar refractivity (Wildman–Crippen MR) is 55.2 cm³/mol. The lowest BCUT2D eigenvalue weighted by molar-refractivity contribution is 0.426. The summed E-state index contributed by atoms with van der Waals surface area (Å²) in [5.74, 6) is 0. The molecule has 0 atom stereocenters. The van der Waals surface area contributed by atoms with Gasteiger partial charge in [-0.2, -0.15) is 5.26 Å². The van der Waals surface area contributed by atoms with Gasteiger partial charge in [0.25, 0.3) is 0 Å². The third-order valence-corrected chi connectivity index (χ3v) is 2.20. The van der Waals surface area contributed by atoms with Crippen molar-refractivity contribution in [3.05, 3.63) is 28.8 Å². The van der Waals surface area contributed by atoms with E-state index in [4.69, 9.17) is 26.9 Å². The molecule has 1 aromatic rings. The van der Waals surface area contributed by atoms with Crippen molar-refractivity contribution in [2.75, 3.05) is 0 Å². The van der Waals surface area contributed by atoms with Gasteiger partial charge in [-0.15, -0.1) is 0 Å². The summed E-state index contributed by atoms with van der Waals surface area (Å²) in [6.45, 7) is 0. The van der Waals surface area contributed by atoms with Gasteiger partial charge in [0.2, 0.25) is 0 Å². The molecule has 0 radical (unpaired) electrons. The second-order valence-electron chi connectivity index (χ2n) is 2.89. The van der Waals surface area contributed by atoms with E-state index >= 15 is 0 Å². The molecule has 0 aliphatic heterocycles. The number of halogens is 1. The number of nitrogens with zero attached hydrogens (tertiary/aromatic N) is 1. The number of aryl methyl sites for hydroxylation is 1. The molecular formula is C9H9BClNO2. The fourth-order valence-corrected chi connectivity index (χ4v) is 1.44. The van der Waals surface area contributed by atoms with E-state index in [0.717, 1.165) is 5.56 Å². The zero-order valence-electron chi connectivity index (χ0n) is 7.44. The third-order valence-electron chi connectivity index (χ3n) is 1.87. The fourth-order valence-electron chi connectivity index (χ4n) is 1.14. The lowest BCUT2D eigenvalue weighted by Crippen LogP contribution is -2.30. The molecule has 14 heavy (non-hydrogen) atoms. The fraction of sp³-hybridized carbons (Fsp3) is 0.222. The zero-order chi connectivity index (χ0) is 10.6. The van der Waals surface area contributed by atoms with Crippen LogP contribution in [-0.2, 0) is 6.42 Å². The second kappa shape index (κ2) is 5.01. The lowest BCUT2D eigenvalue weighted by atomic mass is 9.80. The normalized spacial score (nSPS) is 9.57. The highest BCUT2D eigenvalue weighted by Crippen LogP contribution is 2.10. The number of hydrogen-bond donors (Lipinski definition) is 2. The SMILES string of the molecule is N#CCCc1ccc(B(O)O)c(Cl)c1. The van der Waals surface area contributed by atoms with Gasteiger partial charge in [-0.3, -0.25) is 0 Å². The largest absolute Gasteiger partial charge is 0.489 e. The van der Waals surface area contributed by atoms with Crippen LogP contribution >= 0.6 is 11.6 Å². The van der Waals surface area contributed by atoms with Crippen LogP contribution in [0.5, 0.6) is 0 Å². The number of rotatable bonds is 3. The molecule has 0 aromatic heterocycles. The van der Waals surface area contributed by atoms with Crippen LogP contribution in [0.3, 0.4) is 0 Å². The molecule has 1 aromatic carbocycles. The molecular weight excluding hydrogens is 200 g/mol. The van der Waals surface area contributed by atoms with Crippen LogP contribution in [0.4, 0.5) is 0 Å². The van der Waals surface area contributed by atoms with E-state index in [-0.39, 0.29) is 5.46 Å². The summed E-state index contributed by atoms with van der Waals surface area (Å²) < 4.78 is 0. The maximum atomic E-state index is 8.89. The Kier molecular flexibility index (Phi) is 3.96. The van der Waals surface area contributed by atoms with Gasteiger partial charge < -0.3 is 10.0 Å². The van der Waals surface area contributed by atoms with Crippen molar-refractivity contribution < 1.29 is 10.0 Å². The van der Waals surface area contributed by atoms with Gasteiger partial charge in [0.1, 0.15) is 0 Å². The topological polar surface area (TPSA) is 64.2 Å². The average Bonchev–Trinajstić information content (AvgIpc) is 2.14. The number of benzene rings is 1. The first kappa shape index (κ1) is 11.1. The van der Waals surface area contributed by atoms with Crippen molar-refractivity contribution >= 4 is 24.2 Å². The summed E-state index contributed by atoms with van der Waals surface area (Å²) in [7, 11) is -1.55. The lowest BCUT2D eigenvalue weighted by Gasteiger charge is -2.04. The Bertz CT molecular complexity index is 362. The van der Waals surface area contributed by atoms with Gasteiger partial charge >= 0.3 is 7.12 Å². The molecule has 0 amide bonds. The molecule has 0 heterocycles. The first-order valence-corrected chi connectivity index (χ1v) is 4.54. The summed E-state index contributed by atoms with van der Waals surface area (Å²) in [6.07, 6.45) is 1.05. The molecule has 0 aliphatic carbocycles. The monoisotopic (exact) mass is 209 g/mol. The van der Waals surface area contributed by atoms with E-state index in [2.05, 4.69) is 0 Å². The van der Waals surface area contributed by atoms with Crippen LogP contribution in [0.25, 0.3) is 0 Å². The van der Waals surface area contributed by atoms with Gasteiger partial charge in [0.05, 0.1) is 6.07 Å². The summed E-state index contributed by atoms with van der Waals surface area (Å²) in [5, 5.41) is 26.5. The molecule has 0 saturated heterocycles. The number of hydrogen-bond acceptors (Lipinski definition) is 3. The minimum atomic E-state index is -1.55. The minimum absolute atomic E-state index is 0.285. The highest BCUT2D eigenvalue weighted by Gasteiger charge is 2.14. The van der Waals surface area contributed by atoms with Crippen LogP contribution in [-0.4, -0.2) is 17.2 Å². The molecule has 0 bridgehead atoms.